The topological polar surface area (TPSA) is 35.2 Å². The normalized spacial score (nSPS) is 10.3. The minimum Gasteiger partial charge on any atom is -0.452 e. The van der Waals surface area contributed by atoms with Gasteiger partial charge in [-0.2, -0.15) is 0 Å². The van der Waals surface area contributed by atoms with Crippen molar-refractivity contribution in [2.45, 2.75) is 6.92 Å². The molecule has 2 rings (SSSR count). The monoisotopic (exact) mass is 251 g/mol. The van der Waals surface area contributed by atoms with E-state index in [1.54, 1.807) is 18.2 Å². The number of nitrogens with two attached hydrogens (primary N) is 1. The Morgan fingerprint density at radius 1 is 1.18 bits per heavy atom. The van der Waals surface area contributed by atoms with Crippen molar-refractivity contribution in [3.63, 3.8) is 0 Å². The van der Waals surface area contributed by atoms with Crippen LogP contribution in [0.4, 0.5) is 10.1 Å². The summed E-state index contributed by atoms with van der Waals surface area (Å²) in [7, 11) is 0. The Morgan fingerprint density at radius 3 is 2.71 bits per heavy atom. The van der Waals surface area contributed by atoms with E-state index in [0.29, 0.717) is 11.4 Å². The molecule has 0 spiro atoms. The van der Waals surface area contributed by atoms with E-state index in [1.165, 1.54) is 12.1 Å². The molecule has 2 aromatic carbocycles. The molecule has 0 bridgehead atoms. The van der Waals surface area contributed by atoms with Gasteiger partial charge in [0.2, 0.25) is 0 Å². The summed E-state index contributed by atoms with van der Waals surface area (Å²) in [4.78, 5) is 0. The summed E-state index contributed by atoms with van der Waals surface area (Å²) in [6.45, 7) is 1.90. The van der Waals surface area contributed by atoms with Gasteiger partial charge in [-0.05, 0) is 36.8 Å². The highest BCUT2D eigenvalue weighted by Crippen LogP contribution is 2.32. The van der Waals surface area contributed by atoms with Crippen LogP contribution in [0, 0.1) is 12.7 Å². The Hall–Kier alpha value is -1.74. The number of halogens is 2. The lowest BCUT2D eigenvalue weighted by Gasteiger charge is -2.10. The Bertz CT molecular complexity index is 557. The second kappa shape index (κ2) is 4.63. The van der Waals surface area contributed by atoms with Gasteiger partial charge < -0.3 is 10.5 Å². The molecule has 2 N–H and O–H groups in total. The van der Waals surface area contributed by atoms with Crippen molar-refractivity contribution in [2.24, 2.45) is 0 Å². The molecule has 0 fully saturated rings. The maximum atomic E-state index is 13.6. The number of hydrogen-bond acceptors (Lipinski definition) is 2. The van der Waals surface area contributed by atoms with Crippen LogP contribution in [0.5, 0.6) is 11.5 Å². The van der Waals surface area contributed by atoms with Gasteiger partial charge in [0.05, 0.1) is 10.7 Å². The fraction of sp³-hybridized carbons (Fsp3) is 0.0769. The van der Waals surface area contributed by atoms with Gasteiger partial charge in [0.25, 0.3) is 0 Å². The van der Waals surface area contributed by atoms with Crippen LogP contribution in [-0.2, 0) is 0 Å². The highest BCUT2D eigenvalue weighted by atomic mass is 35.5. The Morgan fingerprint density at radius 2 is 1.94 bits per heavy atom. The molecule has 0 heterocycles. The van der Waals surface area contributed by atoms with Crippen LogP contribution in [0.2, 0.25) is 5.02 Å². The first kappa shape index (κ1) is 11.7. The van der Waals surface area contributed by atoms with E-state index in [1.807, 2.05) is 13.0 Å². The van der Waals surface area contributed by atoms with Crippen LogP contribution in [-0.4, -0.2) is 0 Å². The molecule has 2 nitrogen and oxygen atoms in total. The van der Waals surface area contributed by atoms with Crippen molar-refractivity contribution < 1.29 is 9.13 Å². The smallest absolute Gasteiger partial charge is 0.184 e. The van der Waals surface area contributed by atoms with Gasteiger partial charge in [-0.15, -0.1) is 0 Å². The summed E-state index contributed by atoms with van der Waals surface area (Å²) < 4.78 is 19.0. The molecular formula is C13H11ClFNO. The van der Waals surface area contributed by atoms with Gasteiger partial charge in [-0.3, -0.25) is 0 Å². The first-order valence-electron chi connectivity index (χ1n) is 5.06. The van der Waals surface area contributed by atoms with Crippen molar-refractivity contribution >= 4 is 17.3 Å². The van der Waals surface area contributed by atoms with Gasteiger partial charge in [-0.25, -0.2) is 4.39 Å². The minimum atomic E-state index is -0.588. The van der Waals surface area contributed by atoms with Gasteiger partial charge in [0, 0.05) is 0 Å². The highest BCUT2D eigenvalue weighted by molar-refractivity contribution is 6.30. The largest absolute Gasteiger partial charge is 0.452 e. The van der Waals surface area contributed by atoms with Crippen LogP contribution < -0.4 is 10.5 Å². The number of nitrogen functional groups attached to an aromatic ring is 1. The first-order chi connectivity index (χ1) is 8.08. The van der Waals surface area contributed by atoms with E-state index in [-0.39, 0.29) is 10.8 Å². The van der Waals surface area contributed by atoms with Crippen LogP contribution in [0.15, 0.2) is 36.4 Å². The van der Waals surface area contributed by atoms with Gasteiger partial charge >= 0.3 is 0 Å². The van der Waals surface area contributed by atoms with Crippen molar-refractivity contribution in [1.82, 2.24) is 0 Å². The van der Waals surface area contributed by atoms with Gasteiger partial charge in [-0.1, -0.05) is 23.7 Å². The van der Waals surface area contributed by atoms with E-state index >= 15 is 0 Å². The van der Waals surface area contributed by atoms with E-state index in [0.717, 1.165) is 5.56 Å². The average molecular weight is 252 g/mol. The second-order valence-corrected chi connectivity index (χ2v) is 4.10. The lowest BCUT2D eigenvalue weighted by molar-refractivity contribution is 0.444. The highest BCUT2D eigenvalue weighted by Gasteiger charge is 2.10. The Kier molecular flexibility index (Phi) is 3.20. The number of anilines is 1. The summed E-state index contributed by atoms with van der Waals surface area (Å²) in [5, 5.41) is 0.0220. The molecule has 2 aromatic rings. The first-order valence-corrected chi connectivity index (χ1v) is 5.43. The zero-order valence-electron chi connectivity index (χ0n) is 9.21. The lowest BCUT2D eigenvalue weighted by Crippen LogP contribution is -1.94. The molecule has 88 valence electrons. The molecule has 4 heteroatoms. The third-order valence-electron chi connectivity index (χ3n) is 2.31. The summed E-state index contributed by atoms with van der Waals surface area (Å²) in [6.07, 6.45) is 0. The van der Waals surface area contributed by atoms with Crippen molar-refractivity contribution in [2.75, 3.05) is 5.73 Å². The standard InChI is InChI=1S/C13H11ClFNO/c1-8-5-6-10(16)12(7-8)17-11-4-2-3-9(14)13(11)15/h2-7H,16H2,1H3. The molecule has 0 unspecified atom stereocenters. The Labute approximate surface area is 104 Å². The summed E-state index contributed by atoms with van der Waals surface area (Å²) in [6, 6.07) is 9.90. The molecule has 0 aliphatic heterocycles. The zero-order valence-corrected chi connectivity index (χ0v) is 9.96. The predicted octanol–water partition coefficient (Wildman–Crippen LogP) is 4.16. The summed E-state index contributed by atoms with van der Waals surface area (Å²) in [5.74, 6) is -0.101. The molecule has 0 saturated heterocycles. The molecule has 0 aliphatic carbocycles. The third-order valence-corrected chi connectivity index (χ3v) is 2.60. The molecule has 0 atom stereocenters. The molecule has 0 radical (unpaired) electrons. The van der Waals surface area contributed by atoms with Crippen LogP contribution in [0.1, 0.15) is 5.56 Å². The van der Waals surface area contributed by atoms with Crippen molar-refractivity contribution in [1.29, 1.82) is 0 Å². The van der Waals surface area contributed by atoms with E-state index in [9.17, 15) is 4.39 Å². The van der Waals surface area contributed by atoms with Gasteiger partial charge in [0.15, 0.2) is 17.3 Å². The predicted molar refractivity (Wildman–Crippen MR) is 67.1 cm³/mol. The van der Waals surface area contributed by atoms with Crippen LogP contribution in [0.3, 0.4) is 0 Å². The number of benzene rings is 2. The molecule has 0 aliphatic rings. The zero-order chi connectivity index (χ0) is 12.4. The SMILES string of the molecule is Cc1ccc(N)c(Oc2cccc(Cl)c2F)c1. The van der Waals surface area contributed by atoms with Crippen molar-refractivity contribution in [3.8, 4) is 11.5 Å². The number of ether oxygens (including phenoxy) is 1. The maximum Gasteiger partial charge on any atom is 0.184 e. The molecule has 0 saturated carbocycles. The number of hydrogen-bond donors (Lipinski definition) is 1. The number of aryl methyl sites for hydroxylation is 1. The molecule has 17 heavy (non-hydrogen) atoms. The molecular weight excluding hydrogens is 241 g/mol. The van der Waals surface area contributed by atoms with E-state index in [4.69, 9.17) is 22.1 Å². The fourth-order valence-electron chi connectivity index (χ4n) is 1.41. The minimum absolute atomic E-state index is 0.0220. The molecule has 0 amide bonds. The van der Waals surface area contributed by atoms with E-state index in [2.05, 4.69) is 0 Å². The van der Waals surface area contributed by atoms with Crippen LogP contribution >= 0.6 is 11.6 Å². The van der Waals surface area contributed by atoms with Gasteiger partial charge in [0.1, 0.15) is 0 Å². The lowest BCUT2D eigenvalue weighted by atomic mass is 10.2. The summed E-state index contributed by atoms with van der Waals surface area (Å²) >= 11 is 5.66. The maximum absolute atomic E-state index is 13.6. The quantitative estimate of drug-likeness (QED) is 0.814. The molecule has 0 aromatic heterocycles. The van der Waals surface area contributed by atoms with Crippen molar-refractivity contribution in [3.05, 3.63) is 52.8 Å². The second-order valence-electron chi connectivity index (χ2n) is 3.70. The Balaban J connectivity index is 2.38. The van der Waals surface area contributed by atoms with E-state index < -0.39 is 5.82 Å². The third kappa shape index (κ3) is 2.50. The number of rotatable bonds is 2. The average Bonchev–Trinajstić information content (AvgIpc) is 2.30. The van der Waals surface area contributed by atoms with Crippen LogP contribution in [0.25, 0.3) is 0 Å². The summed E-state index contributed by atoms with van der Waals surface area (Å²) in [5.41, 5.74) is 7.18. The fourth-order valence-corrected chi connectivity index (χ4v) is 1.58.